The third-order valence-electron chi connectivity index (χ3n) is 7.80. The quantitative estimate of drug-likeness (QED) is 0.615. The minimum atomic E-state index is -0.363. The molecule has 0 spiro atoms. The Morgan fingerprint density at radius 2 is 2.00 bits per heavy atom. The summed E-state index contributed by atoms with van der Waals surface area (Å²) in [7, 11) is 1.52. The Hall–Kier alpha value is -0.830. The Labute approximate surface area is 140 Å². The largest absolute Gasteiger partial charge is 0.469 e. The van der Waals surface area contributed by atoms with E-state index in [1.165, 1.54) is 19.1 Å². The summed E-state index contributed by atoms with van der Waals surface area (Å²) < 4.78 is 5.19. The maximum absolute atomic E-state index is 12.6. The van der Waals surface area contributed by atoms with E-state index in [-0.39, 0.29) is 28.8 Å². The maximum atomic E-state index is 12.6. The van der Waals surface area contributed by atoms with E-state index in [9.17, 15) is 9.90 Å². The van der Waals surface area contributed by atoms with Crippen LogP contribution in [0.3, 0.4) is 0 Å². The van der Waals surface area contributed by atoms with Crippen molar-refractivity contribution < 1.29 is 14.6 Å². The van der Waals surface area contributed by atoms with E-state index in [4.69, 9.17) is 4.74 Å². The molecule has 1 N–H and O–H groups in total. The summed E-state index contributed by atoms with van der Waals surface area (Å²) in [6.45, 7) is 8.98. The number of esters is 1. The van der Waals surface area contributed by atoms with Gasteiger partial charge in [-0.3, -0.25) is 4.79 Å². The average Bonchev–Trinajstić information content (AvgIpc) is 2.53. The van der Waals surface area contributed by atoms with Crippen molar-refractivity contribution in [2.45, 2.75) is 65.2 Å². The highest BCUT2D eigenvalue weighted by atomic mass is 16.5. The van der Waals surface area contributed by atoms with Crippen molar-refractivity contribution in [1.29, 1.82) is 0 Å². The molecule has 0 heterocycles. The highest BCUT2D eigenvalue weighted by Gasteiger charge is 2.63. The van der Waals surface area contributed by atoms with E-state index < -0.39 is 0 Å². The number of rotatable bonds is 2. The van der Waals surface area contributed by atoms with E-state index in [2.05, 4.69) is 20.4 Å². The number of carbonyl (C=O) groups excluding carboxylic acids is 1. The molecule has 130 valence electrons. The summed E-state index contributed by atoms with van der Waals surface area (Å²) in [5, 5.41) is 10.3. The van der Waals surface area contributed by atoms with E-state index in [1.54, 1.807) is 0 Å². The van der Waals surface area contributed by atoms with Gasteiger partial charge in [-0.1, -0.05) is 25.5 Å². The van der Waals surface area contributed by atoms with Crippen molar-refractivity contribution >= 4 is 5.97 Å². The molecular weight excluding hydrogens is 288 g/mol. The normalized spacial score (nSPS) is 46.7. The molecule has 0 aromatic carbocycles. The molecule has 0 aliphatic heterocycles. The van der Waals surface area contributed by atoms with Crippen molar-refractivity contribution in [2.24, 2.45) is 28.1 Å². The van der Waals surface area contributed by atoms with Gasteiger partial charge in [-0.05, 0) is 69.1 Å². The highest BCUT2D eigenvalue weighted by molar-refractivity contribution is 5.77. The number of ether oxygens (including phenoxy) is 1. The SMILES string of the molecule is C=C1CC[C@@H]2C(CO)(CC[C@H]3C2(C)CCC[C@@]3(C)C(=O)OC)C1. The number of carbonyl (C=O) groups is 1. The van der Waals surface area contributed by atoms with Crippen LogP contribution < -0.4 is 0 Å². The third kappa shape index (κ3) is 2.30. The van der Waals surface area contributed by atoms with Crippen LogP contribution in [0.2, 0.25) is 0 Å². The number of allylic oxidation sites excluding steroid dienone is 1. The minimum absolute atomic E-state index is 0.00501. The monoisotopic (exact) mass is 320 g/mol. The van der Waals surface area contributed by atoms with Crippen molar-refractivity contribution in [1.82, 2.24) is 0 Å². The maximum Gasteiger partial charge on any atom is 0.311 e. The van der Waals surface area contributed by atoms with Crippen LogP contribution in [-0.4, -0.2) is 24.8 Å². The van der Waals surface area contributed by atoms with Gasteiger partial charge in [0, 0.05) is 12.0 Å². The molecule has 0 amide bonds. The van der Waals surface area contributed by atoms with Crippen molar-refractivity contribution in [3.05, 3.63) is 12.2 Å². The summed E-state index contributed by atoms with van der Waals surface area (Å²) in [5.41, 5.74) is 1.05. The molecule has 3 heteroatoms. The van der Waals surface area contributed by atoms with Crippen LogP contribution in [0.4, 0.5) is 0 Å². The first kappa shape index (κ1) is 17.0. The van der Waals surface area contributed by atoms with Crippen molar-refractivity contribution in [2.75, 3.05) is 13.7 Å². The van der Waals surface area contributed by atoms with E-state index in [1.807, 2.05) is 0 Å². The predicted molar refractivity (Wildman–Crippen MR) is 90.8 cm³/mol. The molecule has 0 aromatic heterocycles. The molecule has 0 saturated heterocycles. The Kier molecular flexibility index (Phi) is 4.15. The Balaban J connectivity index is 2.00. The van der Waals surface area contributed by atoms with Crippen LogP contribution in [-0.2, 0) is 9.53 Å². The molecule has 0 bridgehead atoms. The first-order chi connectivity index (χ1) is 10.8. The summed E-state index contributed by atoms with van der Waals surface area (Å²) >= 11 is 0. The van der Waals surface area contributed by atoms with Gasteiger partial charge in [-0.25, -0.2) is 0 Å². The number of hydrogen-bond donors (Lipinski definition) is 1. The lowest BCUT2D eigenvalue weighted by atomic mass is 9.40. The van der Waals surface area contributed by atoms with Gasteiger partial charge in [-0.2, -0.15) is 0 Å². The van der Waals surface area contributed by atoms with Gasteiger partial charge >= 0.3 is 5.97 Å². The fraction of sp³-hybridized carbons (Fsp3) is 0.850. The third-order valence-corrected chi connectivity index (χ3v) is 7.80. The molecule has 2 unspecified atom stereocenters. The zero-order valence-corrected chi connectivity index (χ0v) is 15.0. The molecule has 3 saturated carbocycles. The van der Waals surface area contributed by atoms with Crippen molar-refractivity contribution in [3.63, 3.8) is 0 Å². The Morgan fingerprint density at radius 3 is 2.65 bits per heavy atom. The second-order valence-corrected chi connectivity index (χ2v) is 8.90. The lowest BCUT2D eigenvalue weighted by molar-refractivity contribution is -0.187. The summed E-state index contributed by atoms with van der Waals surface area (Å²) in [6, 6.07) is 0. The van der Waals surface area contributed by atoms with E-state index in [0.29, 0.717) is 11.8 Å². The first-order valence-corrected chi connectivity index (χ1v) is 9.18. The molecule has 3 nitrogen and oxygen atoms in total. The smallest absolute Gasteiger partial charge is 0.311 e. The molecule has 5 atom stereocenters. The number of methoxy groups -OCH3 is 1. The molecule has 23 heavy (non-hydrogen) atoms. The number of hydrogen-bond acceptors (Lipinski definition) is 3. The Morgan fingerprint density at radius 1 is 1.26 bits per heavy atom. The van der Waals surface area contributed by atoms with Crippen LogP contribution in [0.1, 0.15) is 65.2 Å². The molecule has 0 aromatic rings. The second-order valence-electron chi connectivity index (χ2n) is 8.90. The lowest BCUT2D eigenvalue weighted by Gasteiger charge is -2.64. The fourth-order valence-electron chi connectivity index (χ4n) is 6.79. The lowest BCUT2D eigenvalue weighted by Crippen LogP contribution is -2.59. The Bertz CT molecular complexity index is 513. The topological polar surface area (TPSA) is 46.5 Å². The van der Waals surface area contributed by atoms with Gasteiger partial charge in [0.2, 0.25) is 0 Å². The van der Waals surface area contributed by atoms with Gasteiger partial charge in [0.05, 0.1) is 12.5 Å². The van der Waals surface area contributed by atoms with Crippen LogP contribution in [0, 0.1) is 28.1 Å². The van der Waals surface area contributed by atoms with Crippen LogP contribution in [0.25, 0.3) is 0 Å². The molecule has 3 rings (SSSR count). The first-order valence-electron chi connectivity index (χ1n) is 9.18. The second kappa shape index (κ2) is 5.61. The number of aliphatic hydroxyl groups excluding tert-OH is 1. The average molecular weight is 320 g/mol. The number of aliphatic hydroxyl groups is 1. The summed E-state index contributed by atoms with van der Waals surface area (Å²) in [5.74, 6) is 0.825. The van der Waals surface area contributed by atoms with E-state index in [0.717, 1.165) is 44.9 Å². The zero-order chi connectivity index (χ0) is 16.9. The van der Waals surface area contributed by atoms with Crippen LogP contribution >= 0.6 is 0 Å². The standard InChI is InChI=1S/C20H32O3/c1-14-6-7-16-18(2)9-5-10-19(3,17(22)23-4)15(18)8-11-20(16,12-14)13-21/h15-16,21H,1,5-13H2,2-4H3/t15-,16-,18?,19+,20?/m0/s1. The van der Waals surface area contributed by atoms with Crippen LogP contribution in [0.5, 0.6) is 0 Å². The highest BCUT2D eigenvalue weighted by Crippen LogP contribution is 2.67. The summed E-state index contributed by atoms with van der Waals surface area (Å²) in [4.78, 5) is 12.6. The van der Waals surface area contributed by atoms with Gasteiger partial charge in [0.1, 0.15) is 0 Å². The van der Waals surface area contributed by atoms with E-state index >= 15 is 0 Å². The van der Waals surface area contributed by atoms with Gasteiger partial charge in [-0.15, -0.1) is 0 Å². The van der Waals surface area contributed by atoms with Crippen LogP contribution in [0.15, 0.2) is 12.2 Å². The van der Waals surface area contributed by atoms with Crippen molar-refractivity contribution in [3.8, 4) is 0 Å². The van der Waals surface area contributed by atoms with Gasteiger partial charge < -0.3 is 9.84 Å². The zero-order valence-electron chi connectivity index (χ0n) is 15.0. The minimum Gasteiger partial charge on any atom is -0.469 e. The molecule has 3 aliphatic rings. The van der Waals surface area contributed by atoms with Gasteiger partial charge in [0.15, 0.2) is 0 Å². The molecule has 3 aliphatic carbocycles. The predicted octanol–water partition coefficient (Wildman–Crippen LogP) is 4.10. The molecule has 0 radical (unpaired) electrons. The summed E-state index contributed by atoms with van der Waals surface area (Å²) in [6.07, 6.45) is 8.37. The fourth-order valence-corrected chi connectivity index (χ4v) is 6.79. The van der Waals surface area contributed by atoms with Gasteiger partial charge in [0.25, 0.3) is 0 Å². The number of fused-ring (bicyclic) bond motifs is 3. The molecule has 3 fully saturated rings. The molecular formula is C20H32O3.